The second-order valence-corrected chi connectivity index (χ2v) is 7.58. The second kappa shape index (κ2) is 7.35. The summed E-state index contributed by atoms with van der Waals surface area (Å²) in [6, 6.07) is 1.99. The predicted octanol–water partition coefficient (Wildman–Crippen LogP) is 1.51. The van der Waals surface area contributed by atoms with Crippen LogP contribution in [0.15, 0.2) is 16.3 Å². The Morgan fingerprint density at radius 3 is 2.74 bits per heavy atom. The molecule has 1 heterocycles. The zero-order chi connectivity index (χ0) is 14.5. The quantitative estimate of drug-likeness (QED) is 0.791. The molecule has 0 spiro atoms. The molecule has 5 nitrogen and oxygen atoms in total. The lowest BCUT2D eigenvalue weighted by molar-refractivity contribution is 0.185. The van der Waals surface area contributed by atoms with E-state index in [0.29, 0.717) is 30.6 Å². The highest BCUT2D eigenvalue weighted by atomic mass is 32.2. The molecule has 0 aliphatic rings. The van der Waals surface area contributed by atoms with E-state index in [1.54, 1.807) is 20.2 Å². The fourth-order valence-corrected chi connectivity index (χ4v) is 4.01. The smallest absolute Gasteiger partial charge is 0.244 e. The SMILES string of the molecule is COCCN(C)S(=O)(=O)c1ccsc1CNC(C)C. The van der Waals surface area contributed by atoms with Crippen molar-refractivity contribution in [3.63, 3.8) is 0 Å². The maximum atomic E-state index is 12.4. The summed E-state index contributed by atoms with van der Waals surface area (Å²) < 4.78 is 31.1. The number of hydrogen-bond acceptors (Lipinski definition) is 5. The third-order valence-corrected chi connectivity index (χ3v) is 5.67. The Morgan fingerprint density at radius 1 is 1.47 bits per heavy atom. The number of nitrogens with one attached hydrogen (secondary N) is 1. The fourth-order valence-electron chi connectivity index (χ4n) is 1.49. The summed E-state index contributed by atoms with van der Waals surface area (Å²) in [7, 11) is -0.289. The average Bonchev–Trinajstić information content (AvgIpc) is 2.82. The van der Waals surface area contributed by atoms with Crippen molar-refractivity contribution in [2.45, 2.75) is 31.3 Å². The fraction of sp³-hybridized carbons (Fsp3) is 0.667. The van der Waals surface area contributed by atoms with Crippen LogP contribution in [0.3, 0.4) is 0 Å². The first kappa shape index (κ1) is 16.6. The first-order valence-electron chi connectivity index (χ1n) is 6.14. The summed E-state index contributed by atoms with van der Waals surface area (Å²) in [5, 5.41) is 5.06. The normalized spacial score (nSPS) is 12.5. The lowest BCUT2D eigenvalue weighted by Crippen LogP contribution is -2.31. The summed E-state index contributed by atoms with van der Waals surface area (Å²) in [5.74, 6) is 0. The Morgan fingerprint density at radius 2 is 2.16 bits per heavy atom. The minimum atomic E-state index is -3.42. The molecule has 0 radical (unpaired) electrons. The molecule has 1 aromatic heterocycles. The van der Waals surface area contributed by atoms with Gasteiger partial charge in [-0.25, -0.2) is 8.42 Å². The maximum absolute atomic E-state index is 12.4. The number of thiophene rings is 1. The Balaban J connectivity index is 2.86. The Hall–Kier alpha value is -0.470. The van der Waals surface area contributed by atoms with Crippen molar-refractivity contribution in [2.75, 3.05) is 27.3 Å². The third-order valence-electron chi connectivity index (χ3n) is 2.67. The maximum Gasteiger partial charge on any atom is 0.244 e. The molecule has 0 aliphatic heterocycles. The first-order chi connectivity index (χ1) is 8.89. The summed E-state index contributed by atoms with van der Waals surface area (Å²) in [6.07, 6.45) is 0. The summed E-state index contributed by atoms with van der Waals surface area (Å²) in [5.41, 5.74) is 0. The molecule has 1 N–H and O–H groups in total. The highest BCUT2D eigenvalue weighted by molar-refractivity contribution is 7.89. The van der Waals surface area contributed by atoms with Crippen molar-refractivity contribution in [3.8, 4) is 0 Å². The van der Waals surface area contributed by atoms with Gasteiger partial charge in [-0.3, -0.25) is 0 Å². The van der Waals surface area contributed by atoms with Crippen molar-refractivity contribution in [3.05, 3.63) is 16.3 Å². The molecule has 7 heteroatoms. The molecule has 0 aliphatic carbocycles. The molecule has 0 fully saturated rings. The van der Waals surface area contributed by atoms with Gasteiger partial charge in [0.2, 0.25) is 10.0 Å². The Bertz CT molecular complexity index is 483. The van der Waals surface area contributed by atoms with Crippen LogP contribution in [0.25, 0.3) is 0 Å². The van der Waals surface area contributed by atoms with Crippen LogP contribution in [0.5, 0.6) is 0 Å². The van der Waals surface area contributed by atoms with E-state index in [-0.39, 0.29) is 0 Å². The molecule has 0 atom stereocenters. The van der Waals surface area contributed by atoms with Gasteiger partial charge in [-0.1, -0.05) is 13.8 Å². The molecule has 110 valence electrons. The van der Waals surface area contributed by atoms with Crippen LogP contribution < -0.4 is 5.32 Å². The summed E-state index contributed by atoms with van der Waals surface area (Å²) >= 11 is 1.46. The molecule has 0 unspecified atom stereocenters. The predicted molar refractivity (Wildman–Crippen MR) is 78.0 cm³/mol. The molecular weight excluding hydrogens is 284 g/mol. The zero-order valence-electron chi connectivity index (χ0n) is 11.8. The summed E-state index contributed by atoms with van der Waals surface area (Å²) in [4.78, 5) is 1.24. The highest BCUT2D eigenvalue weighted by Gasteiger charge is 2.24. The van der Waals surface area contributed by atoms with Gasteiger partial charge in [0.1, 0.15) is 0 Å². The van der Waals surface area contributed by atoms with Crippen LogP contribution in [0.1, 0.15) is 18.7 Å². The van der Waals surface area contributed by atoms with Gasteiger partial charge in [-0.05, 0) is 11.4 Å². The minimum absolute atomic E-state index is 0.323. The van der Waals surface area contributed by atoms with E-state index < -0.39 is 10.0 Å². The number of rotatable bonds is 8. The lowest BCUT2D eigenvalue weighted by atomic mass is 10.4. The molecule has 0 bridgehead atoms. The van der Waals surface area contributed by atoms with Gasteiger partial charge < -0.3 is 10.1 Å². The topological polar surface area (TPSA) is 58.6 Å². The molecule has 0 saturated heterocycles. The van der Waals surface area contributed by atoms with Gasteiger partial charge in [0.05, 0.1) is 11.5 Å². The Labute approximate surface area is 119 Å². The lowest BCUT2D eigenvalue weighted by Gasteiger charge is -2.17. The summed E-state index contributed by atoms with van der Waals surface area (Å²) in [6.45, 7) is 5.38. The van der Waals surface area contributed by atoms with E-state index in [1.807, 2.05) is 19.2 Å². The van der Waals surface area contributed by atoms with Crippen molar-refractivity contribution in [1.82, 2.24) is 9.62 Å². The van der Waals surface area contributed by atoms with E-state index in [9.17, 15) is 8.42 Å². The van der Waals surface area contributed by atoms with Gasteiger partial charge in [0.15, 0.2) is 0 Å². The van der Waals surface area contributed by atoms with Crippen molar-refractivity contribution < 1.29 is 13.2 Å². The van der Waals surface area contributed by atoms with Crippen LogP contribution >= 0.6 is 11.3 Å². The monoisotopic (exact) mass is 306 g/mol. The number of ether oxygens (including phenoxy) is 1. The van der Waals surface area contributed by atoms with E-state index in [2.05, 4.69) is 5.32 Å². The van der Waals surface area contributed by atoms with Crippen LogP contribution in [-0.4, -0.2) is 46.1 Å². The van der Waals surface area contributed by atoms with Crippen molar-refractivity contribution in [2.24, 2.45) is 0 Å². The van der Waals surface area contributed by atoms with Gasteiger partial charge in [0, 0.05) is 38.2 Å². The van der Waals surface area contributed by atoms with Gasteiger partial charge in [-0.2, -0.15) is 4.31 Å². The highest BCUT2D eigenvalue weighted by Crippen LogP contribution is 2.24. The van der Waals surface area contributed by atoms with Crippen LogP contribution in [-0.2, 0) is 21.3 Å². The molecule has 1 aromatic rings. The number of likely N-dealkylation sites (N-methyl/N-ethyl adjacent to an activating group) is 1. The van der Waals surface area contributed by atoms with Crippen molar-refractivity contribution in [1.29, 1.82) is 0 Å². The van der Waals surface area contributed by atoms with Gasteiger partial charge >= 0.3 is 0 Å². The minimum Gasteiger partial charge on any atom is -0.383 e. The molecule has 0 aromatic carbocycles. The molecular formula is C12H22N2O3S2. The van der Waals surface area contributed by atoms with Crippen LogP contribution in [0.2, 0.25) is 0 Å². The average molecular weight is 306 g/mol. The standard InChI is InChI=1S/C12H22N2O3S2/c1-10(2)13-9-11-12(5-8-18-11)19(15,16)14(3)6-7-17-4/h5,8,10,13H,6-7,9H2,1-4H3. The van der Waals surface area contributed by atoms with E-state index in [4.69, 9.17) is 4.74 Å². The number of nitrogens with zero attached hydrogens (tertiary/aromatic N) is 1. The van der Waals surface area contributed by atoms with E-state index >= 15 is 0 Å². The molecule has 0 amide bonds. The van der Waals surface area contributed by atoms with Gasteiger partial charge in [0.25, 0.3) is 0 Å². The van der Waals surface area contributed by atoms with Gasteiger partial charge in [-0.15, -0.1) is 11.3 Å². The zero-order valence-corrected chi connectivity index (χ0v) is 13.5. The molecule has 1 rings (SSSR count). The number of hydrogen-bond donors (Lipinski definition) is 1. The Kier molecular flexibility index (Phi) is 6.41. The van der Waals surface area contributed by atoms with E-state index in [0.717, 1.165) is 4.88 Å². The number of methoxy groups -OCH3 is 1. The second-order valence-electron chi connectivity index (χ2n) is 4.56. The number of sulfonamides is 1. The van der Waals surface area contributed by atoms with E-state index in [1.165, 1.54) is 15.6 Å². The van der Waals surface area contributed by atoms with Crippen LogP contribution in [0, 0.1) is 0 Å². The van der Waals surface area contributed by atoms with Crippen molar-refractivity contribution >= 4 is 21.4 Å². The third kappa shape index (κ3) is 4.54. The first-order valence-corrected chi connectivity index (χ1v) is 8.46. The molecule has 19 heavy (non-hydrogen) atoms. The van der Waals surface area contributed by atoms with Crippen LogP contribution in [0.4, 0.5) is 0 Å². The molecule has 0 saturated carbocycles. The largest absolute Gasteiger partial charge is 0.383 e.